The Labute approximate surface area is 137 Å². The molecule has 2 aliphatic rings. The van der Waals surface area contributed by atoms with Gasteiger partial charge in [-0.3, -0.25) is 19.7 Å². The summed E-state index contributed by atoms with van der Waals surface area (Å²) in [5.74, 6) is -1.39. The highest BCUT2D eigenvalue weighted by molar-refractivity contribution is 7.90. The highest BCUT2D eigenvalue weighted by Gasteiger charge is 2.40. The monoisotopic (exact) mass is 356 g/mol. The van der Waals surface area contributed by atoms with Crippen LogP contribution in [0, 0.1) is 0 Å². The molecular weight excluding hydrogens is 344 g/mol. The lowest BCUT2D eigenvalue weighted by Crippen LogP contribution is -2.52. The smallest absolute Gasteiger partial charge is 0.256 e. The number of amides is 3. The van der Waals surface area contributed by atoms with Gasteiger partial charge >= 0.3 is 0 Å². The molecule has 1 fully saturated rings. The van der Waals surface area contributed by atoms with Crippen LogP contribution in [0.1, 0.15) is 28.8 Å². The van der Waals surface area contributed by atoms with E-state index >= 15 is 0 Å². The minimum Gasteiger partial charge on any atom is -0.322 e. The molecule has 0 radical (unpaired) electrons. The van der Waals surface area contributed by atoms with E-state index in [1.54, 1.807) is 0 Å². The van der Waals surface area contributed by atoms with E-state index in [2.05, 4.69) is 5.32 Å². The number of carbonyl (C=O) groups is 3. The minimum absolute atomic E-state index is 0.110. The third kappa shape index (κ3) is 2.61. The highest BCUT2D eigenvalue weighted by atomic mass is 35.5. The third-order valence-electron chi connectivity index (χ3n) is 3.99. The fourth-order valence-electron chi connectivity index (χ4n) is 2.88. The van der Waals surface area contributed by atoms with Crippen molar-refractivity contribution in [1.82, 2.24) is 10.2 Å². The molecule has 2 aliphatic heterocycles. The number of rotatable bonds is 2. The second-order valence-electron chi connectivity index (χ2n) is 5.58. The normalized spacial score (nSPS) is 21.4. The van der Waals surface area contributed by atoms with E-state index in [-0.39, 0.29) is 40.8 Å². The van der Waals surface area contributed by atoms with Gasteiger partial charge in [-0.15, -0.1) is 0 Å². The first-order chi connectivity index (χ1) is 10.7. The molecule has 1 aromatic carbocycles. The average molecular weight is 357 g/mol. The van der Waals surface area contributed by atoms with Gasteiger partial charge in [-0.2, -0.15) is 0 Å². The predicted octanol–water partition coefficient (Wildman–Crippen LogP) is 0.504. The van der Waals surface area contributed by atoms with Gasteiger partial charge in [0, 0.05) is 19.2 Å². The fraction of sp³-hybridized carbons (Fsp3) is 0.357. The van der Waals surface area contributed by atoms with Crippen LogP contribution in [0.15, 0.2) is 17.0 Å². The number of fused-ring (bicyclic) bond motifs is 1. The van der Waals surface area contributed by atoms with Crippen molar-refractivity contribution < 1.29 is 22.8 Å². The molecule has 2 heterocycles. The van der Waals surface area contributed by atoms with Gasteiger partial charge in [0.05, 0.1) is 15.5 Å². The van der Waals surface area contributed by atoms with Crippen LogP contribution in [0.3, 0.4) is 0 Å². The molecule has 0 aliphatic carbocycles. The zero-order valence-corrected chi connectivity index (χ0v) is 13.7. The Bertz CT molecular complexity index is 849. The molecule has 1 saturated heterocycles. The molecule has 3 rings (SSSR count). The largest absolute Gasteiger partial charge is 0.322 e. The van der Waals surface area contributed by atoms with E-state index in [1.165, 1.54) is 17.0 Å². The molecule has 9 heteroatoms. The molecular formula is C14H13ClN2O5S. The van der Waals surface area contributed by atoms with Crippen molar-refractivity contribution in [2.24, 2.45) is 0 Å². The fourth-order valence-corrected chi connectivity index (χ4v) is 4.30. The van der Waals surface area contributed by atoms with Crippen LogP contribution >= 0.6 is 11.6 Å². The Kier molecular flexibility index (Phi) is 3.68. The van der Waals surface area contributed by atoms with Crippen LogP contribution < -0.4 is 5.32 Å². The van der Waals surface area contributed by atoms with Gasteiger partial charge in [0.15, 0.2) is 9.84 Å². The van der Waals surface area contributed by atoms with Gasteiger partial charge in [0.1, 0.15) is 6.04 Å². The maximum atomic E-state index is 12.6. The molecule has 122 valence electrons. The van der Waals surface area contributed by atoms with Gasteiger partial charge in [-0.25, -0.2) is 8.42 Å². The molecule has 1 unspecified atom stereocenters. The van der Waals surface area contributed by atoms with Gasteiger partial charge in [-0.1, -0.05) is 17.7 Å². The van der Waals surface area contributed by atoms with Crippen molar-refractivity contribution >= 4 is 39.2 Å². The summed E-state index contributed by atoms with van der Waals surface area (Å²) in [5.41, 5.74) is 0.677. The summed E-state index contributed by atoms with van der Waals surface area (Å²) in [5, 5.41) is 2.08. The van der Waals surface area contributed by atoms with Crippen LogP contribution in [-0.2, 0) is 26.0 Å². The molecule has 0 aromatic heterocycles. The Morgan fingerprint density at radius 3 is 2.57 bits per heavy atom. The van der Waals surface area contributed by atoms with Crippen molar-refractivity contribution in [2.45, 2.75) is 30.3 Å². The van der Waals surface area contributed by atoms with Gasteiger partial charge in [0.2, 0.25) is 11.8 Å². The number of hydrogen-bond donors (Lipinski definition) is 1. The molecule has 1 N–H and O–H groups in total. The van der Waals surface area contributed by atoms with Crippen LogP contribution in [-0.4, -0.2) is 43.3 Å². The summed E-state index contributed by atoms with van der Waals surface area (Å²) in [6.45, 7) is 0.157. The number of sulfone groups is 1. The van der Waals surface area contributed by atoms with E-state index < -0.39 is 27.7 Å². The van der Waals surface area contributed by atoms with Crippen molar-refractivity contribution in [3.63, 3.8) is 0 Å². The number of halogens is 1. The first-order valence-corrected chi connectivity index (χ1v) is 9.13. The lowest BCUT2D eigenvalue weighted by atomic mass is 10.0. The van der Waals surface area contributed by atoms with Crippen molar-refractivity contribution in [1.29, 1.82) is 0 Å². The number of hydrogen-bond acceptors (Lipinski definition) is 5. The second kappa shape index (κ2) is 5.31. The lowest BCUT2D eigenvalue weighted by Gasteiger charge is -2.29. The van der Waals surface area contributed by atoms with Crippen LogP contribution in [0.25, 0.3) is 0 Å². The maximum Gasteiger partial charge on any atom is 0.256 e. The lowest BCUT2D eigenvalue weighted by molar-refractivity contribution is -0.136. The standard InChI is InChI=1S/C14H13ClN2O5S/c1-23(21,22)9-4-2-7-6-17(14(20)11(7)12(9)15)8-3-5-10(18)16-13(8)19/h2,4,8H,3,5-6H2,1H3,(H,16,18,19). The molecule has 0 saturated carbocycles. The van der Waals surface area contributed by atoms with E-state index in [0.717, 1.165) is 6.26 Å². The van der Waals surface area contributed by atoms with Crippen LogP contribution in [0.2, 0.25) is 5.02 Å². The first-order valence-electron chi connectivity index (χ1n) is 6.86. The molecule has 0 spiro atoms. The number of carbonyl (C=O) groups excluding carboxylic acids is 3. The first kappa shape index (κ1) is 15.9. The molecule has 1 aromatic rings. The van der Waals surface area contributed by atoms with Crippen molar-refractivity contribution in [3.05, 3.63) is 28.3 Å². The Morgan fingerprint density at radius 2 is 1.96 bits per heavy atom. The number of piperidine rings is 1. The Balaban J connectivity index is 1.99. The molecule has 23 heavy (non-hydrogen) atoms. The number of nitrogens with zero attached hydrogens (tertiary/aromatic N) is 1. The highest BCUT2D eigenvalue weighted by Crippen LogP contribution is 2.35. The number of benzene rings is 1. The zero-order chi connectivity index (χ0) is 16.9. The van der Waals surface area contributed by atoms with Gasteiger partial charge in [0.25, 0.3) is 5.91 Å². The van der Waals surface area contributed by atoms with E-state index in [9.17, 15) is 22.8 Å². The van der Waals surface area contributed by atoms with E-state index in [4.69, 9.17) is 11.6 Å². The van der Waals surface area contributed by atoms with E-state index in [0.29, 0.717) is 5.56 Å². The van der Waals surface area contributed by atoms with Crippen LogP contribution in [0.4, 0.5) is 0 Å². The number of nitrogens with one attached hydrogen (secondary N) is 1. The maximum absolute atomic E-state index is 12.6. The van der Waals surface area contributed by atoms with Gasteiger partial charge < -0.3 is 4.90 Å². The number of imide groups is 1. The van der Waals surface area contributed by atoms with Crippen molar-refractivity contribution in [3.8, 4) is 0 Å². The summed E-state index contributed by atoms with van der Waals surface area (Å²) >= 11 is 6.12. The van der Waals surface area contributed by atoms with Crippen LogP contribution in [0.5, 0.6) is 0 Å². The Morgan fingerprint density at radius 1 is 1.26 bits per heavy atom. The Hall–Kier alpha value is -1.93. The quantitative estimate of drug-likeness (QED) is 0.778. The molecule has 7 nitrogen and oxygen atoms in total. The van der Waals surface area contributed by atoms with E-state index in [1.807, 2.05) is 0 Å². The van der Waals surface area contributed by atoms with Crippen molar-refractivity contribution in [2.75, 3.05) is 6.26 Å². The third-order valence-corrected chi connectivity index (χ3v) is 5.64. The summed E-state index contributed by atoms with van der Waals surface area (Å²) in [6.07, 6.45) is 1.40. The second-order valence-corrected chi connectivity index (χ2v) is 7.95. The summed E-state index contributed by atoms with van der Waals surface area (Å²) in [7, 11) is -3.57. The SMILES string of the molecule is CS(=O)(=O)c1ccc2c(c1Cl)C(=O)N(C1CCC(=O)NC1=O)C2. The van der Waals surface area contributed by atoms with Gasteiger partial charge in [-0.05, 0) is 18.1 Å². The summed E-state index contributed by atoms with van der Waals surface area (Å²) in [6, 6.07) is 2.13. The molecule has 0 bridgehead atoms. The summed E-state index contributed by atoms with van der Waals surface area (Å²) < 4.78 is 23.4. The zero-order valence-electron chi connectivity index (χ0n) is 12.1. The minimum atomic E-state index is -3.57. The summed E-state index contributed by atoms with van der Waals surface area (Å²) in [4.78, 5) is 37.0. The predicted molar refractivity (Wildman–Crippen MR) is 80.6 cm³/mol. The molecule has 1 atom stereocenters. The topological polar surface area (TPSA) is 101 Å². The molecule has 3 amide bonds. The average Bonchev–Trinajstić information content (AvgIpc) is 2.76.